The first-order valence-corrected chi connectivity index (χ1v) is 9.86. The first-order valence-electron chi connectivity index (χ1n) is 9.48. The lowest BCUT2D eigenvalue weighted by atomic mass is 9.69. The molecule has 1 saturated heterocycles. The molecule has 2 unspecified atom stereocenters. The number of hydrogen-bond acceptors (Lipinski definition) is 4. The zero-order valence-corrected chi connectivity index (χ0v) is 19.5. The fraction of sp³-hybridized carbons (Fsp3) is 0.455. The molecule has 7 heteroatoms. The lowest BCUT2D eigenvalue weighted by Gasteiger charge is -2.39. The van der Waals surface area contributed by atoms with Gasteiger partial charge in [-0.05, 0) is 49.7 Å². The summed E-state index contributed by atoms with van der Waals surface area (Å²) >= 11 is 6.11. The topological polar surface area (TPSA) is 43.2 Å². The Labute approximate surface area is 191 Å². The van der Waals surface area contributed by atoms with Gasteiger partial charge in [-0.15, -0.1) is 24.8 Å². The predicted molar refractivity (Wildman–Crippen MR) is 124 cm³/mol. The Bertz CT molecular complexity index is 814. The van der Waals surface area contributed by atoms with Crippen LogP contribution in [-0.2, 0) is 5.41 Å². The van der Waals surface area contributed by atoms with Gasteiger partial charge in [-0.25, -0.2) is 0 Å². The summed E-state index contributed by atoms with van der Waals surface area (Å²) in [5, 5.41) is 11.1. The molecule has 0 amide bonds. The largest absolute Gasteiger partial charge is 0.304 e. The highest BCUT2D eigenvalue weighted by Gasteiger charge is 2.42. The van der Waals surface area contributed by atoms with Crippen molar-refractivity contribution in [3.63, 3.8) is 0 Å². The van der Waals surface area contributed by atoms with Crippen molar-refractivity contribution >= 4 is 36.4 Å². The van der Waals surface area contributed by atoms with Crippen molar-refractivity contribution in [2.45, 2.75) is 19.3 Å². The fourth-order valence-electron chi connectivity index (χ4n) is 3.95. The van der Waals surface area contributed by atoms with E-state index in [1.54, 1.807) is 0 Å². The Morgan fingerprint density at radius 2 is 1.72 bits per heavy atom. The first-order chi connectivity index (χ1) is 13.0. The van der Waals surface area contributed by atoms with Crippen molar-refractivity contribution in [2.24, 2.45) is 5.92 Å². The molecule has 0 aliphatic carbocycles. The standard InChI is InChI=1S/C22H27ClN4.2ClH/c1-17(15-27-13-11-26(3)12-14-27)22(16-24,19-7-9-20(23)10-8-19)21-6-4-5-18(2)25-21;;/h4-10,17H,11-15H2,1-3H3;2*1H. The molecule has 1 aromatic heterocycles. The highest BCUT2D eigenvalue weighted by Crippen LogP contribution is 2.39. The second-order valence-corrected chi connectivity index (χ2v) is 8.03. The van der Waals surface area contributed by atoms with Crippen molar-refractivity contribution in [1.29, 1.82) is 5.26 Å². The average Bonchev–Trinajstić information content (AvgIpc) is 2.66. The summed E-state index contributed by atoms with van der Waals surface area (Å²) in [6.07, 6.45) is 0. The second-order valence-electron chi connectivity index (χ2n) is 7.60. The smallest absolute Gasteiger partial charge is 0.128 e. The Morgan fingerprint density at radius 3 is 2.28 bits per heavy atom. The van der Waals surface area contributed by atoms with Gasteiger partial charge in [-0.2, -0.15) is 5.26 Å². The van der Waals surface area contributed by atoms with E-state index >= 15 is 0 Å². The fourth-order valence-corrected chi connectivity index (χ4v) is 4.07. The number of aromatic nitrogens is 1. The van der Waals surface area contributed by atoms with Crippen molar-refractivity contribution in [3.8, 4) is 6.07 Å². The third-order valence-corrected chi connectivity index (χ3v) is 5.89. The minimum atomic E-state index is -0.806. The number of rotatable bonds is 5. The second kappa shape index (κ2) is 11.2. The zero-order chi connectivity index (χ0) is 19.4. The summed E-state index contributed by atoms with van der Waals surface area (Å²) in [6.45, 7) is 9.19. The Balaban J connectivity index is 0.00000210. The van der Waals surface area contributed by atoms with E-state index in [4.69, 9.17) is 16.6 Å². The van der Waals surface area contributed by atoms with Crippen LogP contribution in [0.15, 0.2) is 42.5 Å². The highest BCUT2D eigenvalue weighted by molar-refractivity contribution is 6.30. The van der Waals surface area contributed by atoms with Crippen LogP contribution in [-0.4, -0.2) is 54.6 Å². The minimum absolute atomic E-state index is 0. The van der Waals surface area contributed by atoms with Gasteiger partial charge in [0.15, 0.2) is 0 Å². The van der Waals surface area contributed by atoms with Crippen LogP contribution in [0.4, 0.5) is 0 Å². The number of halogens is 3. The van der Waals surface area contributed by atoms with Crippen LogP contribution in [0.5, 0.6) is 0 Å². The van der Waals surface area contributed by atoms with E-state index in [0.29, 0.717) is 5.02 Å². The minimum Gasteiger partial charge on any atom is -0.304 e. The molecule has 1 aliphatic heterocycles. The maximum Gasteiger partial charge on any atom is 0.128 e. The van der Waals surface area contributed by atoms with Gasteiger partial charge in [0.1, 0.15) is 5.41 Å². The number of benzene rings is 1. The van der Waals surface area contributed by atoms with Crippen molar-refractivity contribution in [2.75, 3.05) is 39.8 Å². The molecule has 0 radical (unpaired) electrons. The number of nitriles is 1. The van der Waals surface area contributed by atoms with E-state index in [1.807, 2.05) is 49.4 Å². The molecule has 2 atom stereocenters. The van der Waals surface area contributed by atoms with E-state index in [2.05, 4.69) is 29.8 Å². The monoisotopic (exact) mass is 454 g/mol. The van der Waals surface area contributed by atoms with E-state index in [9.17, 15) is 5.26 Å². The van der Waals surface area contributed by atoms with Gasteiger partial charge in [-0.3, -0.25) is 4.98 Å². The summed E-state index contributed by atoms with van der Waals surface area (Å²) in [6, 6.07) is 16.2. The maximum absolute atomic E-state index is 10.4. The summed E-state index contributed by atoms with van der Waals surface area (Å²) in [7, 11) is 2.16. The van der Waals surface area contributed by atoms with Crippen molar-refractivity contribution < 1.29 is 0 Å². The molecule has 1 aliphatic rings. The van der Waals surface area contributed by atoms with Crippen molar-refractivity contribution in [3.05, 3.63) is 64.4 Å². The molecular weight excluding hydrogens is 427 g/mol. The van der Waals surface area contributed by atoms with Gasteiger partial charge in [0.25, 0.3) is 0 Å². The summed E-state index contributed by atoms with van der Waals surface area (Å²) in [5.74, 6) is 0.0846. The van der Waals surface area contributed by atoms with Crippen molar-refractivity contribution in [1.82, 2.24) is 14.8 Å². The van der Waals surface area contributed by atoms with Crippen LogP contribution in [0, 0.1) is 24.2 Å². The Morgan fingerprint density at radius 1 is 1.10 bits per heavy atom. The van der Waals surface area contributed by atoms with E-state index < -0.39 is 5.41 Å². The Hall–Kier alpha value is -1.35. The van der Waals surface area contributed by atoms with Gasteiger partial charge in [0, 0.05) is 43.4 Å². The summed E-state index contributed by atoms with van der Waals surface area (Å²) in [4.78, 5) is 9.57. The number of likely N-dealkylation sites (N-methyl/N-ethyl adjacent to an activating group) is 1. The quantitative estimate of drug-likeness (QED) is 0.662. The predicted octanol–water partition coefficient (Wildman–Crippen LogP) is 4.58. The van der Waals surface area contributed by atoms with Crippen LogP contribution in [0.25, 0.3) is 0 Å². The van der Waals surface area contributed by atoms with Crippen LogP contribution in [0.2, 0.25) is 5.02 Å². The Kier molecular flexibility index (Phi) is 9.88. The lowest BCUT2D eigenvalue weighted by Crippen LogP contribution is -2.49. The van der Waals surface area contributed by atoms with Gasteiger partial charge in [0.05, 0.1) is 11.8 Å². The molecule has 2 aromatic rings. The first kappa shape index (κ1) is 25.7. The zero-order valence-electron chi connectivity index (χ0n) is 17.1. The molecule has 2 heterocycles. The number of piperazine rings is 1. The molecule has 4 nitrogen and oxygen atoms in total. The molecule has 0 saturated carbocycles. The molecular formula is C22H29Cl3N4. The van der Waals surface area contributed by atoms with Gasteiger partial charge in [0.2, 0.25) is 0 Å². The highest BCUT2D eigenvalue weighted by atomic mass is 35.5. The lowest BCUT2D eigenvalue weighted by molar-refractivity contribution is 0.129. The third-order valence-electron chi connectivity index (χ3n) is 5.64. The van der Waals surface area contributed by atoms with Crippen LogP contribution < -0.4 is 0 Å². The van der Waals surface area contributed by atoms with Gasteiger partial charge < -0.3 is 9.80 Å². The molecule has 29 heavy (non-hydrogen) atoms. The maximum atomic E-state index is 10.4. The molecule has 158 valence electrons. The number of nitrogens with zero attached hydrogens (tertiary/aromatic N) is 4. The molecule has 0 spiro atoms. The van der Waals surface area contributed by atoms with Crippen LogP contribution in [0.1, 0.15) is 23.9 Å². The normalized spacial score (nSPS) is 17.9. The van der Waals surface area contributed by atoms with E-state index in [-0.39, 0.29) is 30.7 Å². The van der Waals surface area contributed by atoms with Gasteiger partial charge in [-0.1, -0.05) is 36.7 Å². The van der Waals surface area contributed by atoms with Gasteiger partial charge >= 0.3 is 0 Å². The number of aryl methyl sites for hydroxylation is 1. The third kappa shape index (κ3) is 5.63. The van der Waals surface area contributed by atoms with Crippen LogP contribution in [0.3, 0.4) is 0 Å². The SMILES string of the molecule is Cc1cccc(C(C#N)(c2ccc(Cl)cc2)C(C)CN2CCN(C)CC2)n1.Cl.Cl. The molecule has 1 aromatic carbocycles. The molecule has 3 rings (SSSR count). The molecule has 0 N–H and O–H groups in total. The number of hydrogen-bond donors (Lipinski definition) is 0. The molecule has 0 bridgehead atoms. The molecule has 1 fully saturated rings. The number of pyridine rings is 1. The van der Waals surface area contributed by atoms with E-state index in [0.717, 1.165) is 49.7 Å². The summed E-state index contributed by atoms with van der Waals surface area (Å²) < 4.78 is 0. The van der Waals surface area contributed by atoms with Crippen LogP contribution >= 0.6 is 36.4 Å². The summed E-state index contributed by atoms with van der Waals surface area (Å²) in [5.41, 5.74) is 1.89. The average molecular weight is 456 g/mol. The van der Waals surface area contributed by atoms with E-state index in [1.165, 1.54) is 0 Å².